The molecule has 0 spiro atoms. The second kappa shape index (κ2) is 12.6. The van der Waals surface area contributed by atoms with E-state index >= 15 is 0 Å². The molecule has 216 valence electrons. The summed E-state index contributed by atoms with van der Waals surface area (Å²) in [5.74, 6) is -1.000. The van der Waals surface area contributed by atoms with Gasteiger partial charge in [0.15, 0.2) is 29.4 Å². The van der Waals surface area contributed by atoms with Gasteiger partial charge in [0, 0.05) is 28.5 Å². The Bertz CT molecular complexity index is 1250. The van der Waals surface area contributed by atoms with Crippen molar-refractivity contribution in [2.24, 2.45) is 10.8 Å². The smallest absolute Gasteiger partial charge is 0.229 e. The summed E-state index contributed by atoms with van der Waals surface area (Å²) in [6.45, 7) is 11.2. The summed E-state index contributed by atoms with van der Waals surface area (Å²) in [4.78, 5) is 52.0. The van der Waals surface area contributed by atoms with E-state index in [1.54, 1.807) is 77.9 Å². The van der Waals surface area contributed by atoms with E-state index in [0.717, 1.165) is 12.8 Å². The Kier molecular flexibility index (Phi) is 9.73. The van der Waals surface area contributed by atoms with Gasteiger partial charge < -0.3 is 24.8 Å². The zero-order chi connectivity index (χ0) is 29.7. The van der Waals surface area contributed by atoms with Gasteiger partial charge in [-0.25, -0.2) is 0 Å². The molecule has 0 aromatic heterocycles. The molecule has 9 nitrogen and oxygen atoms in total. The summed E-state index contributed by atoms with van der Waals surface area (Å²) in [6, 6.07) is 9.55. The van der Waals surface area contributed by atoms with Gasteiger partial charge in [-0.2, -0.15) is 0 Å². The fraction of sp³-hybridized carbons (Fsp3) is 0.484. The van der Waals surface area contributed by atoms with Crippen molar-refractivity contribution in [3.05, 3.63) is 47.5 Å². The second-order valence-electron chi connectivity index (χ2n) is 11.9. The average Bonchev–Trinajstić information content (AvgIpc) is 2.88. The fourth-order valence-electron chi connectivity index (χ4n) is 3.86. The van der Waals surface area contributed by atoms with E-state index in [-0.39, 0.29) is 34.6 Å². The van der Waals surface area contributed by atoms with Crippen LogP contribution in [0.15, 0.2) is 36.4 Å². The lowest BCUT2D eigenvalue weighted by Gasteiger charge is -2.27. The van der Waals surface area contributed by atoms with Crippen molar-refractivity contribution >= 4 is 34.8 Å². The fourth-order valence-corrected chi connectivity index (χ4v) is 3.86. The number of Topliss-reactive ketones (excluding diaryl/α,β-unsaturated/α-hetero) is 2. The minimum absolute atomic E-state index is 0.0496. The zero-order valence-electron chi connectivity index (χ0n) is 24.4. The van der Waals surface area contributed by atoms with Crippen molar-refractivity contribution in [3.8, 4) is 11.5 Å². The number of ketones is 2. The molecule has 0 bridgehead atoms. The summed E-state index contributed by atoms with van der Waals surface area (Å²) in [5.41, 5.74) is -0.166. The summed E-state index contributed by atoms with van der Waals surface area (Å²) in [5, 5.41) is 5.64. The highest BCUT2D eigenvalue weighted by molar-refractivity contribution is 6.18. The van der Waals surface area contributed by atoms with Crippen molar-refractivity contribution in [3.63, 3.8) is 0 Å². The Labute approximate surface area is 236 Å². The summed E-state index contributed by atoms with van der Waals surface area (Å²) in [7, 11) is 1.46. The summed E-state index contributed by atoms with van der Waals surface area (Å²) < 4.78 is 17.4. The molecule has 1 saturated heterocycles. The molecule has 1 atom stereocenters. The minimum atomic E-state index is -0.728. The lowest BCUT2D eigenvalue weighted by molar-refractivity contribution is -0.123. The van der Waals surface area contributed by atoms with E-state index in [1.165, 1.54) is 7.11 Å². The monoisotopic (exact) mass is 552 g/mol. The van der Waals surface area contributed by atoms with Crippen LogP contribution in [0.4, 0.5) is 11.4 Å². The Morgan fingerprint density at radius 1 is 0.850 bits per heavy atom. The van der Waals surface area contributed by atoms with Gasteiger partial charge in [-0.3, -0.25) is 19.2 Å². The predicted octanol–water partition coefficient (Wildman–Crippen LogP) is 6.03. The molecule has 0 aliphatic carbocycles. The highest BCUT2D eigenvalue weighted by Crippen LogP contribution is 2.39. The van der Waals surface area contributed by atoms with E-state index in [4.69, 9.17) is 14.2 Å². The van der Waals surface area contributed by atoms with E-state index in [2.05, 4.69) is 10.6 Å². The summed E-state index contributed by atoms with van der Waals surface area (Å²) >= 11 is 0. The first-order chi connectivity index (χ1) is 18.7. The van der Waals surface area contributed by atoms with Crippen molar-refractivity contribution in [2.75, 3.05) is 24.4 Å². The molecule has 1 aliphatic heterocycles. The molecule has 3 rings (SSSR count). The number of hydrogen-bond donors (Lipinski definition) is 2. The SMILES string of the molecule is COc1ccc(NC(=O)C(C)(C)C)c(C(=O)CC(=O)c2ccc(NC(=O)C(C)(C)C)cc2)c1OC1CCCCO1. The van der Waals surface area contributed by atoms with E-state index in [0.29, 0.717) is 24.3 Å². The number of methoxy groups -OCH3 is 1. The Morgan fingerprint density at radius 2 is 1.48 bits per heavy atom. The molecule has 9 heteroatoms. The maximum Gasteiger partial charge on any atom is 0.229 e. The normalized spacial score (nSPS) is 15.6. The number of nitrogens with one attached hydrogen (secondary N) is 2. The first-order valence-corrected chi connectivity index (χ1v) is 13.5. The highest BCUT2D eigenvalue weighted by atomic mass is 16.7. The van der Waals surface area contributed by atoms with Gasteiger partial charge in [-0.15, -0.1) is 0 Å². The average molecular weight is 553 g/mol. The molecule has 1 heterocycles. The maximum absolute atomic E-state index is 13.7. The number of ether oxygens (including phenoxy) is 3. The lowest BCUT2D eigenvalue weighted by Crippen LogP contribution is -2.29. The minimum Gasteiger partial charge on any atom is -0.493 e. The number of rotatable bonds is 9. The predicted molar refractivity (Wildman–Crippen MR) is 153 cm³/mol. The lowest BCUT2D eigenvalue weighted by atomic mass is 9.94. The molecule has 2 N–H and O–H groups in total. The number of anilines is 2. The third-order valence-corrected chi connectivity index (χ3v) is 6.40. The number of carbonyl (C=O) groups excluding carboxylic acids is 4. The van der Waals surface area contributed by atoms with Crippen molar-refractivity contribution < 1.29 is 33.4 Å². The molecule has 40 heavy (non-hydrogen) atoms. The van der Waals surface area contributed by atoms with Gasteiger partial charge in [0.25, 0.3) is 0 Å². The van der Waals surface area contributed by atoms with Crippen molar-refractivity contribution in [1.82, 2.24) is 0 Å². The number of carbonyl (C=O) groups is 4. The standard InChI is InChI=1S/C31H40N2O7/c1-30(2,3)28(36)32-20-13-11-19(12-14-20)22(34)18-23(35)26-21(33-29(37)31(4,5)6)15-16-24(38-7)27(26)40-25-10-8-9-17-39-25/h11-16,25H,8-10,17-18H2,1-7H3,(H,32,36)(H,33,37). The molecule has 2 aromatic carbocycles. The van der Waals surface area contributed by atoms with Crippen LogP contribution in [0.25, 0.3) is 0 Å². The summed E-state index contributed by atoms with van der Waals surface area (Å²) in [6.07, 6.45) is 1.39. The van der Waals surface area contributed by atoms with Gasteiger partial charge in [-0.05, 0) is 49.2 Å². The van der Waals surface area contributed by atoms with Crippen LogP contribution in [0.2, 0.25) is 0 Å². The Hall–Kier alpha value is -3.72. The highest BCUT2D eigenvalue weighted by Gasteiger charge is 2.30. The Balaban J connectivity index is 1.92. The third kappa shape index (κ3) is 7.91. The maximum atomic E-state index is 13.7. The van der Waals surface area contributed by atoms with E-state index in [9.17, 15) is 19.2 Å². The molecular weight excluding hydrogens is 512 g/mol. The van der Waals surface area contributed by atoms with Gasteiger partial charge in [0.2, 0.25) is 11.8 Å². The molecule has 0 saturated carbocycles. The molecule has 2 amide bonds. The first kappa shape index (κ1) is 30.8. The molecule has 1 unspecified atom stereocenters. The quantitative estimate of drug-likeness (QED) is 0.288. The molecule has 1 aliphatic rings. The van der Waals surface area contributed by atoms with Gasteiger partial charge in [0.05, 0.1) is 31.4 Å². The van der Waals surface area contributed by atoms with Gasteiger partial charge in [-0.1, -0.05) is 41.5 Å². The van der Waals surface area contributed by atoms with Crippen LogP contribution < -0.4 is 20.1 Å². The number of hydrogen-bond acceptors (Lipinski definition) is 7. The Morgan fingerprint density at radius 3 is 2.02 bits per heavy atom. The van der Waals surface area contributed by atoms with E-state index in [1.807, 2.05) is 0 Å². The van der Waals surface area contributed by atoms with Crippen LogP contribution in [-0.2, 0) is 14.3 Å². The largest absolute Gasteiger partial charge is 0.493 e. The molecule has 2 aromatic rings. The van der Waals surface area contributed by atoms with Crippen LogP contribution in [0.5, 0.6) is 11.5 Å². The van der Waals surface area contributed by atoms with Crippen LogP contribution >= 0.6 is 0 Å². The number of amides is 2. The van der Waals surface area contributed by atoms with Crippen LogP contribution in [0.1, 0.15) is 87.9 Å². The first-order valence-electron chi connectivity index (χ1n) is 13.5. The molecular formula is C31H40N2O7. The van der Waals surface area contributed by atoms with Crippen molar-refractivity contribution in [2.45, 2.75) is 73.5 Å². The van der Waals surface area contributed by atoms with Crippen LogP contribution in [-0.4, -0.2) is 43.4 Å². The zero-order valence-corrected chi connectivity index (χ0v) is 24.4. The number of benzene rings is 2. The molecule has 1 fully saturated rings. The second-order valence-corrected chi connectivity index (χ2v) is 11.9. The van der Waals surface area contributed by atoms with Crippen molar-refractivity contribution in [1.29, 1.82) is 0 Å². The van der Waals surface area contributed by atoms with Crippen LogP contribution in [0, 0.1) is 10.8 Å². The third-order valence-electron chi connectivity index (χ3n) is 6.40. The van der Waals surface area contributed by atoms with Crippen LogP contribution in [0.3, 0.4) is 0 Å². The van der Waals surface area contributed by atoms with Gasteiger partial charge in [0.1, 0.15) is 0 Å². The molecule has 0 radical (unpaired) electrons. The van der Waals surface area contributed by atoms with Gasteiger partial charge >= 0.3 is 0 Å². The topological polar surface area (TPSA) is 120 Å². The van der Waals surface area contributed by atoms with E-state index < -0.39 is 35.1 Å².